The summed E-state index contributed by atoms with van der Waals surface area (Å²) in [6.07, 6.45) is 1.84. The molecule has 0 bridgehead atoms. The topological polar surface area (TPSA) is 40.6 Å². The van der Waals surface area contributed by atoms with Crippen molar-refractivity contribution in [3.05, 3.63) is 99.4 Å². The van der Waals surface area contributed by atoms with Crippen LogP contribution in [0.5, 0.6) is 0 Å². The highest BCUT2D eigenvalue weighted by Crippen LogP contribution is 2.42. The zero-order chi connectivity index (χ0) is 22.0. The zero-order valence-corrected chi connectivity index (χ0v) is 18.8. The van der Waals surface area contributed by atoms with E-state index >= 15 is 0 Å². The second-order valence-electron chi connectivity index (χ2n) is 7.36. The molecule has 1 heterocycles. The van der Waals surface area contributed by atoms with Gasteiger partial charge in [-0.15, -0.1) is 0 Å². The number of rotatable bonds is 4. The van der Waals surface area contributed by atoms with E-state index in [-0.39, 0.29) is 11.8 Å². The summed E-state index contributed by atoms with van der Waals surface area (Å²) in [5.74, 6) is -0.197. The van der Waals surface area contributed by atoms with Gasteiger partial charge in [0, 0.05) is 36.1 Å². The number of carbonyl (C=O) groups excluding carboxylic acids is 2. The quantitative estimate of drug-likeness (QED) is 0.479. The van der Waals surface area contributed by atoms with Crippen molar-refractivity contribution in [2.75, 3.05) is 19.0 Å². The van der Waals surface area contributed by atoms with Crippen LogP contribution in [-0.4, -0.2) is 30.8 Å². The van der Waals surface area contributed by atoms with Gasteiger partial charge < -0.3 is 9.80 Å². The number of likely N-dealkylation sites (N-methyl/N-ethyl adjacent to an activating group) is 1. The van der Waals surface area contributed by atoms with Crippen LogP contribution in [-0.2, 0) is 11.3 Å². The van der Waals surface area contributed by atoms with Crippen LogP contribution < -0.4 is 4.90 Å². The molecule has 0 radical (unpaired) electrons. The molecular weight excluding hydrogens is 428 g/mol. The molecule has 0 aliphatic carbocycles. The molecule has 0 N–H and O–H groups in total. The molecule has 3 aromatic carbocycles. The molecule has 3 aromatic rings. The maximum atomic E-state index is 13.0. The first-order chi connectivity index (χ1) is 14.9. The summed E-state index contributed by atoms with van der Waals surface area (Å²) < 4.78 is 0. The van der Waals surface area contributed by atoms with E-state index in [9.17, 15) is 9.59 Å². The van der Waals surface area contributed by atoms with Crippen LogP contribution in [0.2, 0.25) is 5.02 Å². The molecule has 0 fully saturated rings. The summed E-state index contributed by atoms with van der Waals surface area (Å²) >= 11 is 7.47. The van der Waals surface area contributed by atoms with Crippen molar-refractivity contribution in [1.29, 1.82) is 0 Å². The maximum absolute atomic E-state index is 13.0. The summed E-state index contributed by atoms with van der Waals surface area (Å²) in [5.41, 5.74) is 3.22. The molecule has 31 heavy (non-hydrogen) atoms. The number of thioether (sulfide) groups is 1. The van der Waals surface area contributed by atoms with Gasteiger partial charge in [0.15, 0.2) is 0 Å². The van der Waals surface area contributed by atoms with Gasteiger partial charge in [-0.2, -0.15) is 0 Å². The van der Waals surface area contributed by atoms with Gasteiger partial charge in [0.1, 0.15) is 0 Å². The number of carbonyl (C=O) groups is 2. The largest absolute Gasteiger partial charge is 0.337 e. The molecule has 0 saturated heterocycles. The van der Waals surface area contributed by atoms with E-state index in [1.165, 1.54) is 11.8 Å². The van der Waals surface area contributed by atoms with E-state index in [1.54, 1.807) is 36.0 Å². The van der Waals surface area contributed by atoms with E-state index in [2.05, 4.69) is 0 Å². The third kappa shape index (κ3) is 4.68. The Morgan fingerprint density at radius 1 is 1.06 bits per heavy atom. The van der Waals surface area contributed by atoms with Crippen molar-refractivity contribution >= 4 is 46.9 Å². The number of nitrogens with zero attached hydrogens (tertiary/aromatic N) is 2. The number of hydrogen-bond donors (Lipinski definition) is 0. The number of fused-ring (bicyclic) bond motifs is 1. The lowest BCUT2D eigenvalue weighted by molar-refractivity contribution is -0.114. The monoisotopic (exact) mass is 448 g/mol. The highest BCUT2D eigenvalue weighted by molar-refractivity contribution is 8.04. The lowest BCUT2D eigenvalue weighted by Gasteiger charge is -2.28. The Labute approximate surface area is 191 Å². The second kappa shape index (κ2) is 9.00. The van der Waals surface area contributed by atoms with Crippen molar-refractivity contribution in [1.82, 2.24) is 4.90 Å². The van der Waals surface area contributed by atoms with Crippen molar-refractivity contribution in [3.63, 3.8) is 0 Å². The molecule has 0 atom stereocenters. The second-order valence-corrected chi connectivity index (χ2v) is 8.88. The van der Waals surface area contributed by atoms with Crippen LogP contribution in [0.25, 0.3) is 6.08 Å². The number of halogens is 1. The van der Waals surface area contributed by atoms with Gasteiger partial charge >= 0.3 is 0 Å². The molecule has 1 aliphatic heterocycles. The van der Waals surface area contributed by atoms with E-state index in [4.69, 9.17) is 11.6 Å². The zero-order valence-electron chi connectivity index (χ0n) is 17.2. The van der Waals surface area contributed by atoms with Crippen molar-refractivity contribution < 1.29 is 9.59 Å². The maximum Gasteiger partial charge on any atom is 0.264 e. The summed E-state index contributed by atoms with van der Waals surface area (Å²) in [7, 11) is 3.51. The first-order valence-electron chi connectivity index (χ1n) is 9.79. The molecule has 2 amide bonds. The van der Waals surface area contributed by atoms with E-state index in [1.807, 2.05) is 66.7 Å². The smallest absolute Gasteiger partial charge is 0.264 e. The summed E-state index contributed by atoms with van der Waals surface area (Å²) in [6.45, 7) is 0.521. The van der Waals surface area contributed by atoms with Crippen molar-refractivity contribution in [2.45, 2.75) is 11.4 Å². The average Bonchev–Trinajstić information content (AvgIpc) is 2.77. The molecule has 4 rings (SSSR count). The summed E-state index contributed by atoms with van der Waals surface area (Å²) in [5, 5.41) is 0.624. The molecule has 0 saturated carbocycles. The molecular formula is C25H21ClN2O2S. The van der Waals surface area contributed by atoms with Gasteiger partial charge in [-0.25, -0.2) is 0 Å². The fourth-order valence-corrected chi connectivity index (χ4v) is 4.72. The Hall–Kier alpha value is -3.02. The molecule has 156 valence electrons. The predicted molar refractivity (Wildman–Crippen MR) is 127 cm³/mol. The summed E-state index contributed by atoms with van der Waals surface area (Å²) in [4.78, 5) is 30.7. The van der Waals surface area contributed by atoms with E-state index < -0.39 is 0 Å². The van der Waals surface area contributed by atoms with Gasteiger partial charge in [-0.1, -0.05) is 65.8 Å². The van der Waals surface area contributed by atoms with Gasteiger partial charge in [0.25, 0.3) is 11.8 Å². The fourth-order valence-electron chi connectivity index (χ4n) is 3.42. The van der Waals surface area contributed by atoms with Crippen molar-refractivity contribution in [2.24, 2.45) is 0 Å². The normalized spacial score (nSPS) is 14.5. The first kappa shape index (κ1) is 21.2. The lowest BCUT2D eigenvalue weighted by atomic mass is 10.1. The van der Waals surface area contributed by atoms with Crippen LogP contribution in [0.4, 0.5) is 5.69 Å². The van der Waals surface area contributed by atoms with Gasteiger partial charge in [0.2, 0.25) is 0 Å². The average molecular weight is 449 g/mol. The SMILES string of the molecule is CN(Cc1ccccc1)C(=O)c1ccc2c(c1)N(C)C(=O)/C(=C/c1cccc(Cl)c1)S2. The molecule has 1 aliphatic rings. The molecule has 0 spiro atoms. The van der Waals surface area contributed by atoms with Gasteiger partial charge in [-0.05, 0) is 47.5 Å². The Morgan fingerprint density at radius 2 is 1.84 bits per heavy atom. The molecule has 6 heteroatoms. The van der Waals surface area contributed by atoms with Crippen LogP contribution in [0, 0.1) is 0 Å². The fraction of sp³-hybridized carbons (Fsp3) is 0.120. The Bertz CT molecular complexity index is 1180. The highest BCUT2D eigenvalue weighted by atomic mass is 35.5. The van der Waals surface area contributed by atoms with Crippen LogP contribution in [0.3, 0.4) is 0 Å². The van der Waals surface area contributed by atoms with Crippen molar-refractivity contribution in [3.8, 4) is 0 Å². The van der Waals surface area contributed by atoms with Crippen LogP contribution in [0.1, 0.15) is 21.5 Å². The molecule has 0 aromatic heterocycles. The first-order valence-corrected chi connectivity index (χ1v) is 11.0. The van der Waals surface area contributed by atoms with Crippen LogP contribution in [0.15, 0.2) is 82.6 Å². The minimum Gasteiger partial charge on any atom is -0.337 e. The number of anilines is 1. The van der Waals surface area contributed by atoms with E-state index in [0.29, 0.717) is 22.0 Å². The highest BCUT2D eigenvalue weighted by Gasteiger charge is 2.27. The Kier molecular flexibility index (Phi) is 6.16. The Balaban J connectivity index is 1.58. The number of benzene rings is 3. The third-order valence-corrected chi connectivity index (χ3v) is 6.37. The lowest BCUT2D eigenvalue weighted by Crippen LogP contribution is -2.31. The van der Waals surface area contributed by atoms with E-state index in [0.717, 1.165) is 21.7 Å². The van der Waals surface area contributed by atoms with Gasteiger partial charge in [-0.3, -0.25) is 9.59 Å². The standard InChI is InChI=1S/C25H21ClN2O2S/c1-27(16-17-7-4-3-5-8-17)24(29)19-11-12-22-21(15-19)28(2)25(30)23(31-22)14-18-9-6-10-20(26)13-18/h3-15H,16H2,1-2H3/b23-14-. The number of hydrogen-bond acceptors (Lipinski definition) is 3. The third-order valence-electron chi connectivity index (χ3n) is 5.06. The van der Waals surface area contributed by atoms with Gasteiger partial charge in [0.05, 0.1) is 10.6 Å². The molecule has 4 nitrogen and oxygen atoms in total. The minimum atomic E-state index is -0.111. The predicted octanol–water partition coefficient (Wildman–Crippen LogP) is 5.72. The summed E-state index contributed by atoms with van der Waals surface area (Å²) in [6, 6.07) is 22.7. The Morgan fingerprint density at radius 3 is 2.58 bits per heavy atom. The molecule has 0 unspecified atom stereocenters. The number of amides is 2. The van der Waals surface area contributed by atoms with Crippen LogP contribution >= 0.6 is 23.4 Å². The minimum absolute atomic E-state index is 0.0854.